The number of hydrogen-bond acceptors (Lipinski definition) is 3. The molecule has 4 rings (SSSR count). The van der Waals surface area contributed by atoms with Crippen molar-refractivity contribution in [3.8, 4) is 11.3 Å². The van der Waals surface area contributed by atoms with Gasteiger partial charge in [0.05, 0.1) is 11.2 Å². The Kier molecular flexibility index (Phi) is 2.05. The Morgan fingerprint density at radius 3 is 2.84 bits per heavy atom. The van der Waals surface area contributed by atoms with E-state index in [0.717, 1.165) is 35.4 Å². The standard InChI is InChI=1S/C15H14N4/c16-15(6-7-15)14-17-8-5-13(19-14)11-9-18-12-4-2-1-3-10(11)12/h1-5,8-9,18H,6-7,16H2. The number of aromatic nitrogens is 3. The lowest BCUT2D eigenvalue weighted by Crippen LogP contribution is -2.22. The fourth-order valence-corrected chi connectivity index (χ4v) is 2.39. The Morgan fingerprint density at radius 2 is 2.00 bits per heavy atom. The fourth-order valence-electron chi connectivity index (χ4n) is 2.39. The van der Waals surface area contributed by atoms with Crippen molar-refractivity contribution >= 4 is 10.9 Å². The lowest BCUT2D eigenvalue weighted by atomic mass is 10.1. The van der Waals surface area contributed by atoms with Crippen LogP contribution in [0.4, 0.5) is 0 Å². The maximum absolute atomic E-state index is 6.17. The number of H-pyrrole nitrogens is 1. The number of fused-ring (bicyclic) bond motifs is 1. The number of hydrogen-bond donors (Lipinski definition) is 2. The van der Waals surface area contributed by atoms with Crippen LogP contribution in [-0.4, -0.2) is 15.0 Å². The van der Waals surface area contributed by atoms with Crippen molar-refractivity contribution in [3.05, 3.63) is 48.5 Å². The second-order valence-corrected chi connectivity index (χ2v) is 5.17. The molecule has 2 aromatic heterocycles. The molecule has 1 saturated carbocycles. The summed E-state index contributed by atoms with van der Waals surface area (Å²) in [5, 5.41) is 1.18. The topological polar surface area (TPSA) is 67.6 Å². The van der Waals surface area contributed by atoms with E-state index in [0.29, 0.717) is 0 Å². The molecule has 0 unspecified atom stereocenters. The molecule has 19 heavy (non-hydrogen) atoms. The van der Waals surface area contributed by atoms with E-state index in [2.05, 4.69) is 27.1 Å². The van der Waals surface area contributed by atoms with E-state index in [1.165, 1.54) is 5.39 Å². The molecule has 0 amide bonds. The third kappa shape index (κ3) is 1.64. The van der Waals surface area contributed by atoms with E-state index in [1.54, 1.807) is 6.20 Å². The van der Waals surface area contributed by atoms with Crippen molar-refractivity contribution in [1.82, 2.24) is 15.0 Å². The molecule has 1 aliphatic rings. The Labute approximate surface area is 110 Å². The molecule has 0 radical (unpaired) electrons. The smallest absolute Gasteiger partial charge is 0.148 e. The van der Waals surface area contributed by atoms with Crippen LogP contribution in [0.2, 0.25) is 0 Å². The highest BCUT2D eigenvalue weighted by atomic mass is 15.0. The van der Waals surface area contributed by atoms with Crippen LogP contribution in [0.25, 0.3) is 22.2 Å². The van der Waals surface area contributed by atoms with Crippen molar-refractivity contribution in [2.45, 2.75) is 18.4 Å². The molecule has 0 spiro atoms. The first-order chi connectivity index (χ1) is 9.26. The molecular weight excluding hydrogens is 236 g/mol. The van der Waals surface area contributed by atoms with Gasteiger partial charge in [-0.2, -0.15) is 0 Å². The average molecular weight is 250 g/mol. The molecule has 0 aliphatic heterocycles. The molecule has 0 atom stereocenters. The van der Waals surface area contributed by atoms with Gasteiger partial charge < -0.3 is 10.7 Å². The highest BCUT2D eigenvalue weighted by Crippen LogP contribution is 2.41. The van der Waals surface area contributed by atoms with Gasteiger partial charge in [0.2, 0.25) is 0 Å². The first-order valence-electron chi connectivity index (χ1n) is 6.45. The van der Waals surface area contributed by atoms with E-state index in [1.807, 2.05) is 24.4 Å². The molecule has 4 heteroatoms. The highest BCUT2D eigenvalue weighted by molar-refractivity contribution is 5.94. The monoisotopic (exact) mass is 250 g/mol. The molecular formula is C15H14N4. The Hall–Kier alpha value is -2.20. The zero-order valence-electron chi connectivity index (χ0n) is 10.4. The number of rotatable bonds is 2. The van der Waals surface area contributed by atoms with E-state index >= 15 is 0 Å². The summed E-state index contributed by atoms with van der Waals surface area (Å²) < 4.78 is 0. The van der Waals surface area contributed by atoms with Gasteiger partial charge in [0.25, 0.3) is 0 Å². The molecule has 2 heterocycles. The van der Waals surface area contributed by atoms with Gasteiger partial charge in [-0.1, -0.05) is 18.2 Å². The molecule has 3 N–H and O–H groups in total. The van der Waals surface area contributed by atoms with Crippen LogP contribution >= 0.6 is 0 Å². The van der Waals surface area contributed by atoms with Crippen LogP contribution in [0.5, 0.6) is 0 Å². The predicted octanol–water partition coefficient (Wildman–Crippen LogP) is 2.57. The average Bonchev–Trinajstić information content (AvgIpc) is 3.06. The maximum Gasteiger partial charge on any atom is 0.148 e. The van der Waals surface area contributed by atoms with Gasteiger partial charge in [-0.3, -0.25) is 0 Å². The second-order valence-electron chi connectivity index (χ2n) is 5.17. The minimum atomic E-state index is -0.290. The molecule has 1 fully saturated rings. The normalized spacial score (nSPS) is 16.7. The van der Waals surface area contributed by atoms with Crippen LogP contribution in [0.1, 0.15) is 18.7 Å². The summed E-state index contributed by atoms with van der Waals surface area (Å²) in [6.45, 7) is 0. The summed E-state index contributed by atoms with van der Waals surface area (Å²) in [5.74, 6) is 0.760. The number of aromatic amines is 1. The minimum Gasteiger partial charge on any atom is -0.360 e. The Bertz CT molecular complexity index is 755. The molecule has 0 saturated heterocycles. The van der Waals surface area contributed by atoms with Crippen LogP contribution < -0.4 is 5.73 Å². The summed E-state index contributed by atoms with van der Waals surface area (Å²) in [7, 11) is 0. The summed E-state index contributed by atoms with van der Waals surface area (Å²) >= 11 is 0. The molecule has 4 nitrogen and oxygen atoms in total. The van der Waals surface area contributed by atoms with Crippen molar-refractivity contribution < 1.29 is 0 Å². The first-order valence-corrected chi connectivity index (χ1v) is 6.45. The number of para-hydroxylation sites is 1. The minimum absolute atomic E-state index is 0.290. The van der Waals surface area contributed by atoms with Gasteiger partial charge in [0.1, 0.15) is 5.82 Å². The van der Waals surface area contributed by atoms with Gasteiger partial charge in [-0.15, -0.1) is 0 Å². The SMILES string of the molecule is NC1(c2nccc(-c3c[nH]c4ccccc34)n2)CC1. The zero-order valence-corrected chi connectivity index (χ0v) is 10.4. The summed E-state index contributed by atoms with van der Waals surface area (Å²) in [5.41, 5.74) is 9.03. The molecule has 1 aliphatic carbocycles. The zero-order chi connectivity index (χ0) is 12.9. The van der Waals surface area contributed by atoms with Gasteiger partial charge >= 0.3 is 0 Å². The van der Waals surface area contributed by atoms with Gasteiger partial charge in [0.15, 0.2) is 0 Å². The summed E-state index contributed by atoms with van der Waals surface area (Å²) in [6.07, 6.45) is 5.74. The lowest BCUT2D eigenvalue weighted by molar-refractivity contribution is 0.673. The quantitative estimate of drug-likeness (QED) is 0.734. The van der Waals surface area contributed by atoms with Gasteiger partial charge in [0, 0.05) is 28.9 Å². The summed E-state index contributed by atoms with van der Waals surface area (Å²) in [4.78, 5) is 12.2. The number of benzene rings is 1. The highest BCUT2D eigenvalue weighted by Gasteiger charge is 2.43. The van der Waals surface area contributed by atoms with Crippen LogP contribution in [0.3, 0.4) is 0 Å². The van der Waals surface area contributed by atoms with Crippen molar-refractivity contribution in [2.24, 2.45) is 5.73 Å². The Balaban J connectivity index is 1.88. The summed E-state index contributed by atoms with van der Waals surface area (Å²) in [6, 6.07) is 10.1. The van der Waals surface area contributed by atoms with E-state index < -0.39 is 0 Å². The first kappa shape index (κ1) is 10.7. The number of nitrogens with one attached hydrogen (secondary N) is 1. The van der Waals surface area contributed by atoms with Crippen molar-refractivity contribution in [3.63, 3.8) is 0 Å². The lowest BCUT2D eigenvalue weighted by Gasteiger charge is -2.08. The second kappa shape index (κ2) is 3.65. The third-order valence-corrected chi connectivity index (χ3v) is 3.75. The van der Waals surface area contributed by atoms with Crippen molar-refractivity contribution in [2.75, 3.05) is 0 Å². The fraction of sp³-hybridized carbons (Fsp3) is 0.200. The maximum atomic E-state index is 6.17. The largest absolute Gasteiger partial charge is 0.360 e. The van der Waals surface area contributed by atoms with Crippen molar-refractivity contribution in [1.29, 1.82) is 0 Å². The van der Waals surface area contributed by atoms with Gasteiger partial charge in [-0.05, 0) is 25.0 Å². The van der Waals surface area contributed by atoms with Crippen LogP contribution in [0.15, 0.2) is 42.7 Å². The molecule has 0 bridgehead atoms. The molecule has 3 aromatic rings. The van der Waals surface area contributed by atoms with Crippen LogP contribution in [-0.2, 0) is 5.54 Å². The number of nitrogens with two attached hydrogens (primary N) is 1. The third-order valence-electron chi connectivity index (χ3n) is 3.75. The van der Waals surface area contributed by atoms with E-state index in [-0.39, 0.29) is 5.54 Å². The molecule has 1 aromatic carbocycles. The molecule has 94 valence electrons. The van der Waals surface area contributed by atoms with Gasteiger partial charge in [-0.25, -0.2) is 9.97 Å². The van der Waals surface area contributed by atoms with E-state index in [4.69, 9.17) is 5.73 Å². The predicted molar refractivity (Wildman–Crippen MR) is 74.4 cm³/mol. The number of nitrogens with zero attached hydrogens (tertiary/aromatic N) is 2. The van der Waals surface area contributed by atoms with E-state index in [9.17, 15) is 0 Å². The van der Waals surface area contributed by atoms with Crippen LogP contribution in [0, 0.1) is 0 Å². The Morgan fingerprint density at radius 1 is 1.16 bits per heavy atom.